The fraction of sp³-hybridized carbons (Fsp3) is 0.0769. The molecule has 0 bridgehead atoms. The Labute approximate surface area is 115 Å². The minimum atomic E-state index is 0.334. The van der Waals surface area contributed by atoms with E-state index in [0.717, 1.165) is 5.56 Å². The number of aromatic nitrogens is 4. The van der Waals surface area contributed by atoms with E-state index < -0.39 is 0 Å². The molecule has 3 rings (SSSR count). The Morgan fingerprint density at radius 2 is 1.74 bits per heavy atom. The lowest BCUT2D eigenvalue weighted by atomic mass is 10.1. The van der Waals surface area contributed by atoms with Crippen molar-refractivity contribution in [2.75, 3.05) is 5.73 Å². The number of nitrogen functional groups attached to an aromatic ring is 1. The van der Waals surface area contributed by atoms with Crippen molar-refractivity contribution < 1.29 is 0 Å². The van der Waals surface area contributed by atoms with E-state index >= 15 is 0 Å². The lowest BCUT2D eigenvalue weighted by Crippen LogP contribution is -2.02. The van der Waals surface area contributed by atoms with E-state index in [1.807, 2.05) is 30.3 Å². The smallest absolute Gasteiger partial charge is 0.184 e. The van der Waals surface area contributed by atoms with Gasteiger partial charge < -0.3 is 5.73 Å². The fourth-order valence-electron chi connectivity index (χ4n) is 1.86. The minimum absolute atomic E-state index is 0.334. The number of fused-ring (bicyclic) bond motifs is 1. The number of hydrogen-bond donors (Lipinski definition) is 2. The molecule has 0 fully saturated rings. The van der Waals surface area contributed by atoms with Gasteiger partial charge in [0.1, 0.15) is 16.5 Å². The summed E-state index contributed by atoms with van der Waals surface area (Å²) in [6.45, 7) is 1.76. The van der Waals surface area contributed by atoms with Crippen LogP contribution in [0.3, 0.4) is 0 Å². The van der Waals surface area contributed by atoms with Crippen molar-refractivity contribution in [2.45, 2.75) is 11.9 Å². The third kappa shape index (κ3) is 2.10. The summed E-state index contributed by atoms with van der Waals surface area (Å²) in [6, 6.07) is 9.70. The van der Waals surface area contributed by atoms with Crippen LogP contribution in [0.5, 0.6) is 0 Å². The van der Waals surface area contributed by atoms with Crippen molar-refractivity contribution in [3.63, 3.8) is 0 Å². The van der Waals surface area contributed by atoms with E-state index in [0.29, 0.717) is 33.5 Å². The van der Waals surface area contributed by atoms with E-state index in [1.54, 1.807) is 6.92 Å². The van der Waals surface area contributed by atoms with Gasteiger partial charge in [-0.15, -0.1) is 12.6 Å². The first-order valence-electron chi connectivity index (χ1n) is 5.71. The van der Waals surface area contributed by atoms with Gasteiger partial charge in [0.25, 0.3) is 0 Å². The molecule has 3 aromatic rings. The molecule has 0 aliphatic heterocycles. The van der Waals surface area contributed by atoms with Gasteiger partial charge in [-0.05, 0) is 6.92 Å². The number of nitrogens with zero attached hydrogens (tertiary/aromatic N) is 4. The van der Waals surface area contributed by atoms with Crippen molar-refractivity contribution in [3.05, 3.63) is 36.2 Å². The highest BCUT2D eigenvalue weighted by Crippen LogP contribution is 2.26. The van der Waals surface area contributed by atoms with E-state index in [2.05, 4.69) is 32.6 Å². The summed E-state index contributed by atoms with van der Waals surface area (Å²) in [5, 5.41) is 0.524. The Balaban J connectivity index is 2.31. The van der Waals surface area contributed by atoms with E-state index in [-0.39, 0.29) is 0 Å². The molecule has 19 heavy (non-hydrogen) atoms. The molecule has 6 heteroatoms. The topological polar surface area (TPSA) is 77.6 Å². The van der Waals surface area contributed by atoms with Crippen molar-refractivity contribution in [2.24, 2.45) is 0 Å². The van der Waals surface area contributed by atoms with Gasteiger partial charge in [-0.1, -0.05) is 30.3 Å². The van der Waals surface area contributed by atoms with Crippen molar-refractivity contribution >= 4 is 29.6 Å². The monoisotopic (exact) mass is 269 g/mol. The minimum Gasteiger partial charge on any atom is -0.382 e. The first-order chi connectivity index (χ1) is 9.15. The predicted octanol–water partition coefficient (Wildman–Crippen LogP) is 2.27. The standard InChI is InChI=1S/C13H11N5S/c1-7-15-11(14)10-12(16-7)18-13(19)9(17-10)8-5-3-2-4-6-8/h2-6H,1H3,(H3,14,15,16,18,19). The van der Waals surface area contributed by atoms with E-state index in [1.165, 1.54) is 0 Å². The normalized spacial score (nSPS) is 10.8. The second-order valence-electron chi connectivity index (χ2n) is 4.09. The summed E-state index contributed by atoms with van der Waals surface area (Å²) in [5.74, 6) is 0.903. The van der Waals surface area contributed by atoms with Gasteiger partial charge in [-0.2, -0.15) is 0 Å². The lowest BCUT2D eigenvalue weighted by Gasteiger charge is -2.07. The Bertz CT molecular complexity index is 758. The molecule has 0 aliphatic carbocycles. The van der Waals surface area contributed by atoms with Crippen LogP contribution >= 0.6 is 12.6 Å². The van der Waals surface area contributed by atoms with E-state index in [4.69, 9.17) is 5.73 Å². The Kier molecular flexibility index (Phi) is 2.79. The molecule has 0 saturated heterocycles. The maximum Gasteiger partial charge on any atom is 0.184 e. The van der Waals surface area contributed by atoms with Gasteiger partial charge in [0, 0.05) is 5.56 Å². The number of rotatable bonds is 1. The molecule has 1 aromatic carbocycles. The first-order valence-corrected chi connectivity index (χ1v) is 6.16. The van der Waals surface area contributed by atoms with Crippen LogP contribution in [0.1, 0.15) is 5.82 Å². The second kappa shape index (κ2) is 4.47. The molecule has 0 saturated carbocycles. The fourth-order valence-corrected chi connectivity index (χ4v) is 2.14. The zero-order valence-electron chi connectivity index (χ0n) is 10.2. The molecule has 0 unspecified atom stereocenters. The number of hydrogen-bond acceptors (Lipinski definition) is 6. The van der Waals surface area contributed by atoms with Crippen LogP contribution in [0.15, 0.2) is 35.4 Å². The maximum absolute atomic E-state index is 5.88. The summed E-state index contributed by atoms with van der Waals surface area (Å²) in [6.07, 6.45) is 0. The van der Waals surface area contributed by atoms with Crippen LogP contribution in [0.25, 0.3) is 22.4 Å². The Morgan fingerprint density at radius 1 is 1.00 bits per heavy atom. The van der Waals surface area contributed by atoms with Gasteiger partial charge in [0.2, 0.25) is 0 Å². The third-order valence-corrected chi connectivity index (χ3v) is 3.01. The second-order valence-corrected chi connectivity index (χ2v) is 4.51. The lowest BCUT2D eigenvalue weighted by molar-refractivity contribution is 1.03. The summed E-state index contributed by atoms with van der Waals surface area (Å²) < 4.78 is 0. The molecule has 0 atom stereocenters. The SMILES string of the molecule is Cc1nc(N)c2nc(-c3ccccc3)c(S)nc2n1. The van der Waals surface area contributed by atoms with Crippen LogP contribution in [-0.4, -0.2) is 19.9 Å². The van der Waals surface area contributed by atoms with Crippen LogP contribution < -0.4 is 5.73 Å². The first kappa shape index (κ1) is 11.9. The molecule has 0 aliphatic rings. The number of aryl methyl sites for hydroxylation is 1. The third-order valence-electron chi connectivity index (χ3n) is 2.70. The Hall–Kier alpha value is -2.21. The number of thiol groups is 1. The zero-order chi connectivity index (χ0) is 13.4. The molecular formula is C13H11N5S. The highest BCUT2D eigenvalue weighted by molar-refractivity contribution is 7.80. The average Bonchev–Trinajstić information content (AvgIpc) is 2.38. The summed E-state index contributed by atoms with van der Waals surface area (Å²) in [4.78, 5) is 17.2. The van der Waals surface area contributed by atoms with Gasteiger partial charge in [0.15, 0.2) is 17.0 Å². The highest BCUT2D eigenvalue weighted by atomic mass is 32.1. The molecular weight excluding hydrogens is 258 g/mol. The molecule has 0 radical (unpaired) electrons. The van der Waals surface area contributed by atoms with Gasteiger partial charge >= 0.3 is 0 Å². The highest BCUT2D eigenvalue weighted by Gasteiger charge is 2.12. The number of benzene rings is 1. The van der Waals surface area contributed by atoms with Crippen LogP contribution in [-0.2, 0) is 0 Å². The average molecular weight is 269 g/mol. The predicted molar refractivity (Wildman–Crippen MR) is 77.0 cm³/mol. The largest absolute Gasteiger partial charge is 0.382 e. The van der Waals surface area contributed by atoms with Gasteiger partial charge in [0.05, 0.1) is 0 Å². The maximum atomic E-state index is 5.88. The molecule has 5 nitrogen and oxygen atoms in total. The summed E-state index contributed by atoms with van der Waals surface area (Å²) in [7, 11) is 0. The summed E-state index contributed by atoms with van der Waals surface area (Å²) >= 11 is 4.38. The van der Waals surface area contributed by atoms with E-state index in [9.17, 15) is 0 Å². The molecule has 2 heterocycles. The van der Waals surface area contributed by atoms with Crippen LogP contribution in [0, 0.1) is 6.92 Å². The molecule has 0 spiro atoms. The zero-order valence-corrected chi connectivity index (χ0v) is 11.1. The molecule has 0 amide bonds. The van der Waals surface area contributed by atoms with Crippen LogP contribution in [0.4, 0.5) is 5.82 Å². The molecule has 2 aromatic heterocycles. The molecule has 94 valence electrons. The van der Waals surface area contributed by atoms with Gasteiger partial charge in [-0.3, -0.25) is 0 Å². The van der Waals surface area contributed by atoms with Gasteiger partial charge in [-0.25, -0.2) is 19.9 Å². The van der Waals surface area contributed by atoms with Crippen molar-refractivity contribution in [3.8, 4) is 11.3 Å². The summed E-state index contributed by atoms with van der Waals surface area (Å²) in [5.41, 5.74) is 8.45. The van der Waals surface area contributed by atoms with Crippen LogP contribution in [0.2, 0.25) is 0 Å². The number of nitrogens with two attached hydrogens (primary N) is 1. The molecule has 2 N–H and O–H groups in total. The Morgan fingerprint density at radius 3 is 2.47 bits per heavy atom. The van der Waals surface area contributed by atoms with Crippen molar-refractivity contribution in [1.29, 1.82) is 0 Å². The quantitative estimate of drug-likeness (QED) is 0.663. The number of anilines is 1. The van der Waals surface area contributed by atoms with Crippen molar-refractivity contribution in [1.82, 2.24) is 19.9 Å².